The lowest BCUT2D eigenvalue weighted by molar-refractivity contribution is 0.0953. The summed E-state index contributed by atoms with van der Waals surface area (Å²) in [5, 5.41) is 6.62. The van der Waals surface area contributed by atoms with E-state index >= 15 is 0 Å². The fourth-order valence-electron chi connectivity index (χ4n) is 2.58. The van der Waals surface area contributed by atoms with Crippen molar-refractivity contribution < 1.29 is 9.18 Å². The van der Waals surface area contributed by atoms with E-state index in [2.05, 4.69) is 20.6 Å². The van der Waals surface area contributed by atoms with E-state index in [0.717, 1.165) is 17.5 Å². The summed E-state index contributed by atoms with van der Waals surface area (Å²) >= 11 is 5.86. The van der Waals surface area contributed by atoms with Crippen LogP contribution in [0.5, 0.6) is 0 Å². The highest BCUT2D eigenvalue weighted by molar-refractivity contribution is 6.30. The molecule has 0 atom stereocenters. The molecule has 0 aliphatic heterocycles. The third-order valence-corrected chi connectivity index (χ3v) is 4.39. The second kappa shape index (κ2) is 9.80. The van der Waals surface area contributed by atoms with Gasteiger partial charge < -0.3 is 10.6 Å². The van der Waals surface area contributed by atoms with Crippen molar-refractivity contribution in [3.05, 3.63) is 88.5 Å². The normalized spacial score (nSPS) is 10.5. The van der Waals surface area contributed by atoms with Gasteiger partial charge in [0.05, 0.1) is 5.56 Å². The van der Waals surface area contributed by atoms with Crippen LogP contribution in [0, 0.1) is 5.82 Å². The Morgan fingerprint density at radius 2 is 1.46 bits per heavy atom. The van der Waals surface area contributed by atoms with Gasteiger partial charge in [-0.3, -0.25) is 4.79 Å². The fourth-order valence-corrected chi connectivity index (χ4v) is 2.71. The zero-order valence-electron chi connectivity index (χ0n) is 15.2. The molecule has 144 valence electrons. The first-order valence-electron chi connectivity index (χ1n) is 8.93. The maximum absolute atomic E-state index is 12.9. The maximum Gasteiger partial charge on any atom is 0.254 e. The SMILES string of the molecule is O=C(NCCc1ccc(Cl)cc1)c1cnc(NCCc2ccc(F)cc2)nc1. The van der Waals surface area contributed by atoms with Crippen LogP contribution < -0.4 is 10.6 Å². The summed E-state index contributed by atoms with van der Waals surface area (Å²) in [6, 6.07) is 13.9. The molecule has 0 fully saturated rings. The van der Waals surface area contributed by atoms with Gasteiger partial charge in [0.25, 0.3) is 5.91 Å². The number of carbonyl (C=O) groups is 1. The number of benzene rings is 2. The van der Waals surface area contributed by atoms with Crippen LogP contribution in [0.1, 0.15) is 21.5 Å². The lowest BCUT2D eigenvalue weighted by atomic mass is 10.1. The summed E-state index contributed by atoms with van der Waals surface area (Å²) in [5.74, 6) is -0.0197. The standard InChI is InChI=1S/C21H20ClFN4O/c22-18-5-1-15(2-6-18)9-11-24-20(28)17-13-26-21(27-14-17)25-12-10-16-3-7-19(23)8-4-16/h1-8,13-14H,9-12H2,(H,24,28)(H,25,26,27). The molecule has 5 nitrogen and oxygen atoms in total. The molecule has 0 radical (unpaired) electrons. The van der Waals surface area contributed by atoms with E-state index in [1.54, 1.807) is 12.1 Å². The van der Waals surface area contributed by atoms with E-state index in [9.17, 15) is 9.18 Å². The largest absolute Gasteiger partial charge is 0.354 e. The van der Waals surface area contributed by atoms with Crippen molar-refractivity contribution in [2.24, 2.45) is 0 Å². The van der Waals surface area contributed by atoms with E-state index in [1.807, 2.05) is 24.3 Å². The zero-order valence-corrected chi connectivity index (χ0v) is 15.9. The maximum atomic E-state index is 12.9. The lowest BCUT2D eigenvalue weighted by Crippen LogP contribution is -2.26. The van der Waals surface area contributed by atoms with Gasteiger partial charge in [-0.1, -0.05) is 35.9 Å². The summed E-state index contributed by atoms with van der Waals surface area (Å²) in [7, 11) is 0. The first-order chi connectivity index (χ1) is 13.6. The van der Waals surface area contributed by atoms with Gasteiger partial charge in [0.2, 0.25) is 5.95 Å². The molecule has 7 heteroatoms. The van der Waals surface area contributed by atoms with Crippen molar-refractivity contribution in [3.8, 4) is 0 Å². The second-order valence-electron chi connectivity index (χ2n) is 6.23. The number of halogens is 2. The summed E-state index contributed by atoms with van der Waals surface area (Å²) in [6.45, 7) is 1.12. The van der Waals surface area contributed by atoms with Gasteiger partial charge in [0, 0.05) is 30.5 Å². The van der Waals surface area contributed by atoms with Crippen LogP contribution in [0.15, 0.2) is 60.9 Å². The predicted octanol–water partition coefficient (Wildman–Crippen LogP) is 3.90. The monoisotopic (exact) mass is 398 g/mol. The molecule has 2 N–H and O–H groups in total. The lowest BCUT2D eigenvalue weighted by Gasteiger charge is -2.07. The molecule has 1 heterocycles. The quantitative estimate of drug-likeness (QED) is 0.604. The van der Waals surface area contributed by atoms with Crippen LogP contribution in [0.3, 0.4) is 0 Å². The molecule has 0 saturated heterocycles. The molecule has 0 bridgehead atoms. The minimum atomic E-state index is -0.248. The van der Waals surface area contributed by atoms with Crippen molar-refractivity contribution in [2.45, 2.75) is 12.8 Å². The van der Waals surface area contributed by atoms with Gasteiger partial charge in [-0.2, -0.15) is 0 Å². The third kappa shape index (κ3) is 6.03. The van der Waals surface area contributed by atoms with Crippen LogP contribution in [0.2, 0.25) is 5.02 Å². The predicted molar refractivity (Wildman–Crippen MR) is 108 cm³/mol. The molecular formula is C21H20ClFN4O. The summed E-state index contributed by atoms with van der Waals surface area (Å²) < 4.78 is 12.9. The van der Waals surface area contributed by atoms with Gasteiger partial charge >= 0.3 is 0 Å². The highest BCUT2D eigenvalue weighted by atomic mass is 35.5. The van der Waals surface area contributed by atoms with Gasteiger partial charge in [0.15, 0.2) is 0 Å². The first kappa shape index (κ1) is 19.8. The number of hydrogen-bond acceptors (Lipinski definition) is 4. The summed E-state index contributed by atoms with van der Waals surface area (Å²) in [4.78, 5) is 20.5. The molecule has 3 rings (SSSR count). The Morgan fingerprint density at radius 3 is 2.11 bits per heavy atom. The number of rotatable bonds is 8. The number of anilines is 1. The number of hydrogen-bond donors (Lipinski definition) is 2. The van der Waals surface area contributed by atoms with E-state index in [1.165, 1.54) is 24.5 Å². The molecular weight excluding hydrogens is 379 g/mol. The Balaban J connectivity index is 1.42. The van der Waals surface area contributed by atoms with Gasteiger partial charge in [0.1, 0.15) is 5.82 Å². The van der Waals surface area contributed by atoms with Crippen molar-refractivity contribution in [1.82, 2.24) is 15.3 Å². The zero-order chi connectivity index (χ0) is 19.8. The Hall–Kier alpha value is -2.99. The third-order valence-electron chi connectivity index (χ3n) is 4.14. The first-order valence-corrected chi connectivity index (χ1v) is 9.31. The van der Waals surface area contributed by atoms with Crippen LogP contribution in [-0.2, 0) is 12.8 Å². The second-order valence-corrected chi connectivity index (χ2v) is 6.67. The van der Waals surface area contributed by atoms with E-state index in [-0.39, 0.29) is 11.7 Å². The average Bonchev–Trinajstić information content (AvgIpc) is 2.71. The highest BCUT2D eigenvalue weighted by Crippen LogP contribution is 2.10. The molecule has 0 saturated carbocycles. The molecule has 3 aromatic rings. The molecule has 1 amide bonds. The van der Waals surface area contributed by atoms with Crippen LogP contribution in [-0.4, -0.2) is 29.0 Å². The molecule has 0 aliphatic rings. The van der Waals surface area contributed by atoms with E-state index in [4.69, 9.17) is 11.6 Å². The molecule has 0 aliphatic carbocycles. The summed E-state index contributed by atoms with van der Waals surface area (Å²) in [6.07, 6.45) is 4.42. The Bertz CT molecular complexity index is 899. The van der Waals surface area contributed by atoms with Crippen molar-refractivity contribution in [3.63, 3.8) is 0 Å². The summed E-state index contributed by atoms with van der Waals surface area (Å²) in [5.41, 5.74) is 2.52. The molecule has 0 unspecified atom stereocenters. The average molecular weight is 399 g/mol. The van der Waals surface area contributed by atoms with Gasteiger partial charge in [-0.05, 0) is 48.2 Å². The molecule has 0 spiro atoms. The number of carbonyl (C=O) groups excluding carboxylic acids is 1. The minimum Gasteiger partial charge on any atom is -0.354 e. The van der Waals surface area contributed by atoms with Crippen LogP contribution in [0.4, 0.5) is 10.3 Å². The van der Waals surface area contributed by atoms with Crippen LogP contribution >= 0.6 is 11.6 Å². The van der Waals surface area contributed by atoms with Crippen molar-refractivity contribution >= 4 is 23.5 Å². The van der Waals surface area contributed by atoms with Gasteiger partial charge in [-0.15, -0.1) is 0 Å². The smallest absolute Gasteiger partial charge is 0.254 e. The van der Waals surface area contributed by atoms with Crippen molar-refractivity contribution in [1.29, 1.82) is 0 Å². The number of nitrogens with one attached hydrogen (secondary N) is 2. The Labute approximate surface area is 168 Å². The Kier molecular flexibility index (Phi) is 6.92. The highest BCUT2D eigenvalue weighted by Gasteiger charge is 2.07. The molecule has 2 aromatic carbocycles. The van der Waals surface area contributed by atoms with Crippen LogP contribution in [0.25, 0.3) is 0 Å². The molecule has 28 heavy (non-hydrogen) atoms. The number of aromatic nitrogens is 2. The van der Waals surface area contributed by atoms with E-state index in [0.29, 0.717) is 36.0 Å². The molecule has 1 aromatic heterocycles. The number of nitrogens with zero attached hydrogens (tertiary/aromatic N) is 2. The van der Waals surface area contributed by atoms with Crippen molar-refractivity contribution in [2.75, 3.05) is 18.4 Å². The van der Waals surface area contributed by atoms with Gasteiger partial charge in [-0.25, -0.2) is 14.4 Å². The minimum absolute atomic E-state index is 0.216. The van der Waals surface area contributed by atoms with E-state index < -0.39 is 0 Å². The fraction of sp³-hybridized carbons (Fsp3) is 0.190. The Morgan fingerprint density at radius 1 is 0.893 bits per heavy atom. The number of amides is 1. The topological polar surface area (TPSA) is 66.9 Å².